The molecule has 2 rings (SSSR count). The zero-order valence-electron chi connectivity index (χ0n) is 16.9. The van der Waals surface area contributed by atoms with Gasteiger partial charge in [-0.2, -0.15) is 0 Å². The third kappa shape index (κ3) is 8.80. The minimum absolute atomic E-state index is 0.189. The van der Waals surface area contributed by atoms with Crippen molar-refractivity contribution in [2.24, 2.45) is 5.92 Å². The van der Waals surface area contributed by atoms with Crippen LogP contribution in [-0.4, -0.2) is 30.2 Å². The topological polar surface area (TPSA) is 76.7 Å². The maximum Gasteiger partial charge on any atom is 0.338 e. The molecule has 0 spiro atoms. The molecule has 0 fully saturated rings. The van der Waals surface area contributed by atoms with E-state index >= 15 is 0 Å². The Balaban J connectivity index is 1.68. The summed E-state index contributed by atoms with van der Waals surface area (Å²) in [7, 11) is 0. The second-order valence-corrected chi connectivity index (χ2v) is 7.82. The predicted molar refractivity (Wildman–Crippen MR) is 122 cm³/mol. The Hall–Kier alpha value is -2.64. The van der Waals surface area contributed by atoms with E-state index in [2.05, 4.69) is 10.6 Å². The highest BCUT2D eigenvalue weighted by Crippen LogP contribution is 2.15. The van der Waals surface area contributed by atoms with Crippen LogP contribution in [0.4, 0.5) is 5.69 Å². The molecule has 0 atom stereocenters. The molecule has 2 aromatic rings. The van der Waals surface area contributed by atoms with E-state index in [0.29, 0.717) is 41.7 Å². The van der Waals surface area contributed by atoms with Gasteiger partial charge in [0.15, 0.2) is 5.11 Å². The number of amides is 1. The van der Waals surface area contributed by atoms with Crippen molar-refractivity contribution in [1.82, 2.24) is 5.32 Å². The van der Waals surface area contributed by atoms with E-state index in [1.807, 2.05) is 13.8 Å². The molecular formula is C22H25ClN2O4S. The molecule has 2 N–H and O–H groups in total. The molecule has 30 heavy (non-hydrogen) atoms. The summed E-state index contributed by atoms with van der Waals surface area (Å²) in [5.41, 5.74) is 1.11. The van der Waals surface area contributed by atoms with Crippen molar-refractivity contribution in [2.75, 3.05) is 18.5 Å². The van der Waals surface area contributed by atoms with Crippen LogP contribution in [0.3, 0.4) is 0 Å². The lowest BCUT2D eigenvalue weighted by Gasteiger charge is -2.11. The first-order valence-electron chi connectivity index (χ1n) is 9.60. The zero-order chi connectivity index (χ0) is 21.9. The van der Waals surface area contributed by atoms with Crippen molar-refractivity contribution >= 4 is 46.5 Å². The molecule has 0 heterocycles. The van der Waals surface area contributed by atoms with Crippen LogP contribution in [-0.2, 0) is 9.53 Å². The first-order chi connectivity index (χ1) is 14.3. The van der Waals surface area contributed by atoms with Crippen molar-refractivity contribution in [3.05, 3.63) is 59.1 Å². The van der Waals surface area contributed by atoms with Gasteiger partial charge in [0, 0.05) is 17.1 Å². The minimum Gasteiger partial charge on any atom is -0.494 e. The van der Waals surface area contributed by atoms with Gasteiger partial charge in [0.2, 0.25) is 5.91 Å². The van der Waals surface area contributed by atoms with Gasteiger partial charge in [-0.25, -0.2) is 4.79 Å². The molecule has 0 aliphatic heterocycles. The number of ether oxygens (including phenoxy) is 2. The van der Waals surface area contributed by atoms with Gasteiger partial charge >= 0.3 is 5.97 Å². The summed E-state index contributed by atoms with van der Waals surface area (Å²) in [5.74, 6) is 0.404. The normalized spacial score (nSPS) is 10.4. The number of esters is 1. The van der Waals surface area contributed by atoms with E-state index in [4.69, 9.17) is 33.3 Å². The van der Waals surface area contributed by atoms with E-state index in [1.165, 1.54) is 0 Å². The van der Waals surface area contributed by atoms with Gasteiger partial charge in [0.1, 0.15) is 5.75 Å². The summed E-state index contributed by atoms with van der Waals surface area (Å²) in [6.45, 7) is 4.73. The molecule has 0 aliphatic carbocycles. The fourth-order valence-electron chi connectivity index (χ4n) is 2.32. The number of carbonyl (C=O) groups is 2. The lowest BCUT2D eigenvalue weighted by Crippen LogP contribution is -2.34. The summed E-state index contributed by atoms with van der Waals surface area (Å²) in [6, 6.07) is 13.7. The van der Waals surface area contributed by atoms with Crippen molar-refractivity contribution < 1.29 is 19.1 Å². The Bertz CT molecular complexity index is 854. The third-order valence-electron chi connectivity index (χ3n) is 3.81. The van der Waals surface area contributed by atoms with Gasteiger partial charge in [0.05, 0.1) is 18.8 Å². The van der Waals surface area contributed by atoms with E-state index in [1.54, 1.807) is 48.5 Å². The van der Waals surface area contributed by atoms with Gasteiger partial charge in [0.25, 0.3) is 0 Å². The number of nitrogens with one attached hydrogen (secondary N) is 2. The van der Waals surface area contributed by atoms with Crippen LogP contribution in [0.1, 0.15) is 37.0 Å². The van der Waals surface area contributed by atoms with Crippen molar-refractivity contribution in [3.8, 4) is 5.75 Å². The minimum atomic E-state index is -0.369. The summed E-state index contributed by atoms with van der Waals surface area (Å²) in [4.78, 5) is 23.9. The zero-order valence-corrected chi connectivity index (χ0v) is 18.5. The molecule has 0 aliphatic rings. The second kappa shape index (κ2) is 12.1. The SMILES string of the molecule is CC(C)COC(=O)c1ccc(NC(=S)NC(=O)CCCOc2ccc(Cl)cc2)cc1. The van der Waals surface area contributed by atoms with Gasteiger partial charge in [-0.3, -0.25) is 4.79 Å². The predicted octanol–water partition coefficient (Wildman–Crippen LogP) is 4.83. The van der Waals surface area contributed by atoms with Gasteiger partial charge in [-0.15, -0.1) is 0 Å². The summed E-state index contributed by atoms with van der Waals surface area (Å²) < 4.78 is 10.7. The number of rotatable bonds is 9. The largest absolute Gasteiger partial charge is 0.494 e. The van der Waals surface area contributed by atoms with E-state index < -0.39 is 0 Å². The third-order valence-corrected chi connectivity index (χ3v) is 4.27. The standard InChI is InChI=1S/C22H25ClN2O4S/c1-15(2)14-29-21(27)16-5-9-18(10-6-16)24-22(30)25-20(26)4-3-13-28-19-11-7-17(23)8-12-19/h5-12,15H,3-4,13-14H2,1-2H3,(H2,24,25,26,30). The molecule has 160 valence electrons. The molecule has 2 aromatic carbocycles. The number of benzene rings is 2. The molecule has 0 saturated carbocycles. The van der Waals surface area contributed by atoms with Crippen molar-refractivity contribution in [1.29, 1.82) is 0 Å². The number of hydrogen-bond acceptors (Lipinski definition) is 5. The smallest absolute Gasteiger partial charge is 0.338 e. The highest BCUT2D eigenvalue weighted by atomic mass is 35.5. The average molecular weight is 449 g/mol. The Kier molecular flexibility index (Phi) is 9.57. The van der Waals surface area contributed by atoms with Crippen LogP contribution in [0.15, 0.2) is 48.5 Å². The van der Waals surface area contributed by atoms with E-state index in [-0.39, 0.29) is 29.3 Å². The number of halogens is 1. The molecular weight excluding hydrogens is 424 g/mol. The van der Waals surface area contributed by atoms with Gasteiger partial charge < -0.3 is 20.1 Å². The summed E-state index contributed by atoms with van der Waals surface area (Å²) in [5, 5.41) is 6.37. The molecule has 0 unspecified atom stereocenters. The summed E-state index contributed by atoms with van der Waals surface area (Å²) in [6.07, 6.45) is 0.820. The van der Waals surface area contributed by atoms with Crippen LogP contribution < -0.4 is 15.4 Å². The van der Waals surface area contributed by atoms with Crippen molar-refractivity contribution in [2.45, 2.75) is 26.7 Å². The Morgan fingerprint density at radius 2 is 1.73 bits per heavy atom. The fourth-order valence-corrected chi connectivity index (χ4v) is 2.68. The molecule has 0 bridgehead atoms. The summed E-state index contributed by atoms with van der Waals surface area (Å²) >= 11 is 11.0. The molecule has 8 heteroatoms. The molecule has 6 nitrogen and oxygen atoms in total. The highest BCUT2D eigenvalue weighted by molar-refractivity contribution is 7.80. The second-order valence-electron chi connectivity index (χ2n) is 6.98. The Morgan fingerprint density at radius 3 is 2.37 bits per heavy atom. The van der Waals surface area contributed by atoms with Gasteiger partial charge in [-0.05, 0) is 73.1 Å². The lowest BCUT2D eigenvalue weighted by atomic mass is 10.2. The van der Waals surface area contributed by atoms with E-state index in [9.17, 15) is 9.59 Å². The quantitative estimate of drug-likeness (QED) is 0.325. The first-order valence-corrected chi connectivity index (χ1v) is 10.4. The van der Waals surface area contributed by atoms with E-state index in [0.717, 1.165) is 0 Å². The van der Waals surface area contributed by atoms with Crippen molar-refractivity contribution in [3.63, 3.8) is 0 Å². The van der Waals surface area contributed by atoms with Crippen LogP contribution in [0.5, 0.6) is 5.75 Å². The molecule has 0 aromatic heterocycles. The number of hydrogen-bond donors (Lipinski definition) is 2. The Morgan fingerprint density at radius 1 is 1.07 bits per heavy atom. The van der Waals surface area contributed by atoms with Gasteiger partial charge in [-0.1, -0.05) is 25.4 Å². The fraction of sp³-hybridized carbons (Fsp3) is 0.318. The maximum atomic E-state index is 12.0. The van der Waals surface area contributed by atoms with Crippen LogP contribution in [0.2, 0.25) is 5.02 Å². The van der Waals surface area contributed by atoms with Crippen LogP contribution in [0.25, 0.3) is 0 Å². The average Bonchev–Trinajstić information content (AvgIpc) is 2.71. The monoisotopic (exact) mass is 448 g/mol. The Labute approximate surface area is 186 Å². The highest BCUT2D eigenvalue weighted by Gasteiger charge is 2.09. The van der Waals surface area contributed by atoms with Crippen LogP contribution in [0, 0.1) is 5.92 Å². The van der Waals surface area contributed by atoms with Crippen LogP contribution >= 0.6 is 23.8 Å². The number of carbonyl (C=O) groups excluding carboxylic acids is 2. The number of thiocarbonyl (C=S) groups is 1. The molecule has 1 amide bonds. The lowest BCUT2D eigenvalue weighted by molar-refractivity contribution is -0.119. The molecule has 0 radical (unpaired) electrons. The number of anilines is 1. The molecule has 0 saturated heterocycles. The first kappa shape index (κ1) is 23.6. The maximum absolute atomic E-state index is 12.0.